The number of esters is 2. The third-order valence-electron chi connectivity index (χ3n) is 2.05. The van der Waals surface area contributed by atoms with Crippen molar-refractivity contribution in [1.29, 1.82) is 0 Å². The number of benzene rings is 1. The van der Waals surface area contributed by atoms with Crippen molar-refractivity contribution < 1.29 is 23.8 Å². The molecular formula is C13H15ClO5. The predicted octanol–water partition coefficient (Wildman–Crippen LogP) is 2.21. The van der Waals surface area contributed by atoms with Gasteiger partial charge in [-0.05, 0) is 24.3 Å². The molecule has 0 radical (unpaired) electrons. The van der Waals surface area contributed by atoms with Crippen LogP contribution < -0.4 is 4.74 Å². The van der Waals surface area contributed by atoms with Gasteiger partial charge in [-0.1, -0.05) is 11.6 Å². The minimum atomic E-state index is -0.642. The summed E-state index contributed by atoms with van der Waals surface area (Å²) < 4.78 is 15.2. The molecule has 0 saturated heterocycles. The molecule has 0 fully saturated rings. The molecule has 1 aromatic carbocycles. The van der Waals surface area contributed by atoms with Gasteiger partial charge in [0, 0.05) is 18.9 Å². The van der Waals surface area contributed by atoms with Crippen molar-refractivity contribution in [2.45, 2.75) is 20.0 Å². The maximum atomic E-state index is 10.9. The number of hydrogen-bond acceptors (Lipinski definition) is 5. The molecule has 0 aromatic heterocycles. The molecule has 0 aliphatic rings. The van der Waals surface area contributed by atoms with E-state index in [1.165, 1.54) is 13.8 Å². The van der Waals surface area contributed by atoms with Crippen LogP contribution >= 0.6 is 11.6 Å². The van der Waals surface area contributed by atoms with Gasteiger partial charge in [-0.3, -0.25) is 9.59 Å². The number of rotatable bonds is 6. The van der Waals surface area contributed by atoms with Gasteiger partial charge in [-0.2, -0.15) is 0 Å². The van der Waals surface area contributed by atoms with Crippen LogP contribution in [0.2, 0.25) is 5.02 Å². The molecule has 0 spiro atoms. The summed E-state index contributed by atoms with van der Waals surface area (Å²) in [7, 11) is 0. The second kappa shape index (κ2) is 7.63. The van der Waals surface area contributed by atoms with Gasteiger partial charge in [0.25, 0.3) is 0 Å². The lowest BCUT2D eigenvalue weighted by atomic mass is 10.3. The fourth-order valence-corrected chi connectivity index (χ4v) is 1.41. The minimum Gasteiger partial charge on any atom is -0.490 e. The Bertz CT molecular complexity index is 429. The van der Waals surface area contributed by atoms with Crippen LogP contribution in [0.5, 0.6) is 5.75 Å². The first-order chi connectivity index (χ1) is 8.97. The number of carbonyl (C=O) groups excluding carboxylic acids is 2. The van der Waals surface area contributed by atoms with E-state index in [0.717, 1.165) is 0 Å². The lowest BCUT2D eigenvalue weighted by Crippen LogP contribution is -2.29. The van der Waals surface area contributed by atoms with Crippen molar-refractivity contribution in [2.24, 2.45) is 0 Å². The SMILES string of the molecule is CC(=O)OCC(COc1ccc(Cl)cc1)OC(C)=O. The summed E-state index contributed by atoms with van der Waals surface area (Å²) in [6.07, 6.45) is -0.642. The van der Waals surface area contributed by atoms with Crippen LogP contribution in [0.3, 0.4) is 0 Å². The zero-order valence-corrected chi connectivity index (χ0v) is 11.5. The van der Waals surface area contributed by atoms with Crippen molar-refractivity contribution in [3.05, 3.63) is 29.3 Å². The molecule has 6 heteroatoms. The summed E-state index contributed by atoms with van der Waals surface area (Å²) >= 11 is 5.75. The number of ether oxygens (including phenoxy) is 3. The van der Waals surface area contributed by atoms with Crippen LogP contribution in [-0.4, -0.2) is 31.3 Å². The molecule has 1 unspecified atom stereocenters. The standard InChI is InChI=1S/C13H15ClO5/c1-9(15)17-7-13(19-10(2)16)8-18-12-5-3-11(14)4-6-12/h3-6,13H,7-8H2,1-2H3. The Hall–Kier alpha value is -1.75. The Labute approximate surface area is 116 Å². The molecule has 0 saturated carbocycles. The van der Waals surface area contributed by atoms with Gasteiger partial charge in [0.05, 0.1) is 0 Å². The second-order valence-corrected chi connectivity index (χ2v) is 4.24. The first-order valence-corrected chi connectivity index (χ1v) is 6.04. The van der Waals surface area contributed by atoms with Crippen LogP contribution in [0.4, 0.5) is 0 Å². The normalized spacial score (nSPS) is 11.5. The number of halogens is 1. The van der Waals surface area contributed by atoms with Crippen molar-refractivity contribution in [3.63, 3.8) is 0 Å². The summed E-state index contributed by atoms with van der Waals surface area (Å²) in [5.41, 5.74) is 0. The molecule has 1 atom stereocenters. The van der Waals surface area contributed by atoms with Crippen molar-refractivity contribution >= 4 is 23.5 Å². The molecular weight excluding hydrogens is 272 g/mol. The highest BCUT2D eigenvalue weighted by Crippen LogP contribution is 2.15. The van der Waals surface area contributed by atoms with Gasteiger partial charge >= 0.3 is 11.9 Å². The zero-order valence-electron chi connectivity index (χ0n) is 10.7. The largest absolute Gasteiger partial charge is 0.490 e. The van der Waals surface area contributed by atoms with E-state index < -0.39 is 18.0 Å². The average molecular weight is 287 g/mol. The fourth-order valence-electron chi connectivity index (χ4n) is 1.28. The second-order valence-electron chi connectivity index (χ2n) is 3.80. The van der Waals surface area contributed by atoms with Gasteiger partial charge in [-0.15, -0.1) is 0 Å². The quantitative estimate of drug-likeness (QED) is 0.750. The van der Waals surface area contributed by atoms with Gasteiger partial charge in [-0.25, -0.2) is 0 Å². The molecule has 0 heterocycles. The van der Waals surface area contributed by atoms with E-state index in [-0.39, 0.29) is 13.2 Å². The van der Waals surface area contributed by atoms with E-state index in [2.05, 4.69) is 0 Å². The van der Waals surface area contributed by atoms with Crippen molar-refractivity contribution in [2.75, 3.05) is 13.2 Å². The maximum absolute atomic E-state index is 10.9. The van der Waals surface area contributed by atoms with Gasteiger partial charge < -0.3 is 14.2 Å². The fraction of sp³-hybridized carbons (Fsp3) is 0.385. The summed E-state index contributed by atoms with van der Waals surface area (Å²) in [5.74, 6) is -0.315. The van der Waals surface area contributed by atoms with E-state index in [0.29, 0.717) is 10.8 Å². The Morgan fingerprint density at radius 2 is 1.74 bits per heavy atom. The van der Waals surface area contributed by atoms with Crippen LogP contribution in [0.15, 0.2) is 24.3 Å². The molecule has 104 valence electrons. The van der Waals surface area contributed by atoms with Crippen LogP contribution in [0.25, 0.3) is 0 Å². The molecule has 0 bridgehead atoms. The summed E-state index contributed by atoms with van der Waals surface area (Å²) in [6, 6.07) is 6.76. The smallest absolute Gasteiger partial charge is 0.303 e. The third-order valence-corrected chi connectivity index (χ3v) is 2.31. The molecule has 1 rings (SSSR count). The van der Waals surface area contributed by atoms with Crippen LogP contribution in [-0.2, 0) is 19.1 Å². The minimum absolute atomic E-state index is 0.0392. The van der Waals surface area contributed by atoms with Crippen molar-refractivity contribution in [3.8, 4) is 5.75 Å². The maximum Gasteiger partial charge on any atom is 0.303 e. The highest BCUT2D eigenvalue weighted by atomic mass is 35.5. The van der Waals surface area contributed by atoms with Crippen LogP contribution in [0, 0.1) is 0 Å². The van der Waals surface area contributed by atoms with Crippen molar-refractivity contribution in [1.82, 2.24) is 0 Å². The predicted molar refractivity (Wildman–Crippen MR) is 69.1 cm³/mol. The van der Waals surface area contributed by atoms with E-state index >= 15 is 0 Å². The Kier molecular flexibility index (Phi) is 6.15. The van der Waals surface area contributed by atoms with E-state index in [9.17, 15) is 9.59 Å². The topological polar surface area (TPSA) is 61.8 Å². The zero-order chi connectivity index (χ0) is 14.3. The molecule has 0 aliphatic heterocycles. The highest BCUT2D eigenvalue weighted by molar-refractivity contribution is 6.30. The molecule has 5 nitrogen and oxygen atoms in total. The number of hydrogen-bond donors (Lipinski definition) is 0. The van der Waals surface area contributed by atoms with E-state index in [4.69, 9.17) is 25.8 Å². The molecule has 1 aromatic rings. The van der Waals surface area contributed by atoms with Gasteiger partial charge in [0.15, 0.2) is 6.10 Å². The Balaban J connectivity index is 2.49. The third kappa shape index (κ3) is 6.67. The lowest BCUT2D eigenvalue weighted by Gasteiger charge is -2.17. The molecule has 0 N–H and O–H groups in total. The molecule has 19 heavy (non-hydrogen) atoms. The summed E-state index contributed by atoms with van der Waals surface area (Å²) in [5, 5.41) is 0.601. The van der Waals surface area contributed by atoms with Crippen LogP contribution in [0.1, 0.15) is 13.8 Å². The summed E-state index contributed by atoms with van der Waals surface area (Å²) in [4.78, 5) is 21.6. The molecule has 0 amide bonds. The Morgan fingerprint density at radius 1 is 1.11 bits per heavy atom. The van der Waals surface area contributed by atoms with E-state index in [1.54, 1.807) is 24.3 Å². The van der Waals surface area contributed by atoms with E-state index in [1.807, 2.05) is 0 Å². The average Bonchev–Trinajstić information content (AvgIpc) is 2.34. The monoisotopic (exact) mass is 286 g/mol. The van der Waals surface area contributed by atoms with Gasteiger partial charge in [0.1, 0.15) is 19.0 Å². The lowest BCUT2D eigenvalue weighted by molar-refractivity contribution is -0.158. The Morgan fingerprint density at radius 3 is 2.26 bits per heavy atom. The van der Waals surface area contributed by atoms with Gasteiger partial charge in [0.2, 0.25) is 0 Å². The number of carbonyl (C=O) groups is 2. The first-order valence-electron chi connectivity index (χ1n) is 5.66. The summed E-state index contributed by atoms with van der Waals surface area (Å²) in [6.45, 7) is 2.62. The highest BCUT2D eigenvalue weighted by Gasteiger charge is 2.15. The molecule has 0 aliphatic carbocycles. The first kappa shape index (κ1) is 15.3.